The zero-order valence-corrected chi connectivity index (χ0v) is 19.0. The van der Waals surface area contributed by atoms with E-state index in [1.54, 1.807) is 23.9 Å². The van der Waals surface area contributed by atoms with Gasteiger partial charge in [-0.05, 0) is 42.9 Å². The van der Waals surface area contributed by atoms with E-state index in [2.05, 4.69) is 22.2 Å². The molecule has 1 aromatic carbocycles. The molecule has 0 saturated carbocycles. The molecule has 0 spiro atoms. The number of carbonyl (C=O) groups excluding carboxylic acids is 1. The number of fused-ring (bicyclic) bond motifs is 1. The Kier molecular flexibility index (Phi) is 7.29. The average Bonchev–Trinajstić information content (AvgIpc) is 3.44. The highest BCUT2D eigenvalue weighted by Gasteiger charge is 2.20. The fourth-order valence-electron chi connectivity index (χ4n) is 3.48. The minimum atomic E-state index is -0.280. The molecule has 0 aliphatic carbocycles. The molecular weight excluding hydrogens is 435 g/mol. The summed E-state index contributed by atoms with van der Waals surface area (Å²) in [6.07, 6.45) is 4.19. The van der Waals surface area contributed by atoms with Gasteiger partial charge < -0.3 is 10.2 Å². The zero-order valence-electron chi connectivity index (χ0n) is 17.4. The van der Waals surface area contributed by atoms with Crippen molar-refractivity contribution in [1.82, 2.24) is 25.1 Å². The molecule has 1 fully saturated rings. The van der Waals surface area contributed by atoms with Crippen LogP contribution < -0.4 is 10.2 Å². The van der Waals surface area contributed by atoms with E-state index in [0.29, 0.717) is 13.1 Å². The molecule has 0 radical (unpaired) electrons. The highest BCUT2D eigenvalue weighted by Crippen LogP contribution is 2.29. The Morgan fingerprint density at radius 2 is 1.94 bits per heavy atom. The van der Waals surface area contributed by atoms with E-state index in [1.807, 2.05) is 10.9 Å². The highest BCUT2D eigenvalue weighted by molar-refractivity contribution is 8.00. The summed E-state index contributed by atoms with van der Waals surface area (Å²) in [7, 11) is 0. The van der Waals surface area contributed by atoms with Gasteiger partial charge in [-0.3, -0.25) is 4.79 Å². The molecule has 3 aromatic rings. The second-order valence-electron chi connectivity index (χ2n) is 7.15. The smallest absolute Gasteiger partial charge is 0.230 e. The van der Waals surface area contributed by atoms with Crippen LogP contribution in [0.25, 0.3) is 11.0 Å². The normalized spacial score (nSPS) is 13.8. The maximum Gasteiger partial charge on any atom is 0.230 e. The van der Waals surface area contributed by atoms with Gasteiger partial charge in [-0.15, -0.1) is 11.8 Å². The Bertz CT molecular complexity index is 1040. The molecule has 0 unspecified atom stereocenters. The third-order valence-corrected chi connectivity index (χ3v) is 6.71. The van der Waals surface area contributed by atoms with E-state index in [-0.39, 0.29) is 17.5 Å². The fraction of sp³-hybridized carbons (Fsp3) is 0.429. The minimum absolute atomic E-state index is 0.0691. The van der Waals surface area contributed by atoms with Crippen LogP contribution in [0.1, 0.15) is 19.8 Å². The summed E-state index contributed by atoms with van der Waals surface area (Å²) in [6.45, 7) is 5.09. The van der Waals surface area contributed by atoms with Gasteiger partial charge in [0.2, 0.25) is 5.91 Å². The number of nitrogens with one attached hydrogen (secondary N) is 1. The van der Waals surface area contributed by atoms with E-state index < -0.39 is 0 Å². The monoisotopic (exact) mass is 460 g/mol. The maximum atomic E-state index is 13.0. The number of benzene rings is 1. The van der Waals surface area contributed by atoms with Crippen LogP contribution in [0.4, 0.5) is 10.2 Å². The Morgan fingerprint density at radius 1 is 1.16 bits per heavy atom. The molecular formula is C21H25FN6OS2. The lowest BCUT2D eigenvalue weighted by atomic mass is 10.3. The van der Waals surface area contributed by atoms with E-state index >= 15 is 0 Å². The molecule has 1 amide bonds. The standard InChI is InChI=1S/C21H25FN6OS2/c1-2-30-21-25-19(27-10-3-4-11-27)17-13-24-28(20(17)26-21)12-9-23-18(29)14-31-16-7-5-15(22)6-8-16/h5-8,13H,2-4,9-12,14H2,1H3,(H,23,29). The van der Waals surface area contributed by atoms with Crippen LogP contribution in [-0.4, -0.2) is 56.8 Å². The van der Waals surface area contributed by atoms with Crippen molar-refractivity contribution < 1.29 is 9.18 Å². The highest BCUT2D eigenvalue weighted by atomic mass is 32.2. The van der Waals surface area contributed by atoms with Crippen molar-refractivity contribution in [3.05, 3.63) is 36.3 Å². The summed E-state index contributed by atoms with van der Waals surface area (Å²) in [5, 5.41) is 9.16. The lowest BCUT2D eigenvalue weighted by Crippen LogP contribution is -2.29. The lowest BCUT2D eigenvalue weighted by Gasteiger charge is -2.17. The first kappa shape index (κ1) is 21.9. The second kappa shape index (κ2) is 10.3. The summed E-state index contributed by atoms with van der Waals surface area (Å²) >= 11 is 3.00. The molecule has 0 bridgehead atoms. The number of amides is 1. The number of hydrogen-bond donors (Lipinski definition) is 1. The van der Waals surface area contributed by atoms with E-state index in [0.717, 1.165) is 45.7 Å². The summed E-state index contributed by atoms with van der Waals surface area (Å²) in [6, 6.07) is 6.14. The largest absolute Gasteiger partial charge is 0.356 e. The molecule has 7 nitrogen and oxygen atoms in total. The van der Waals surface area contributed by atoms with Crippen LogP contribution in [0, 0.1) is 5.82 Å². The molecule has 1 N–H and O–H groups in total. The van der Waals surface area contributed by atoms with Gasteiger partial charge in [0.15, 0.2) is 10.8 Å². The lowest BCUT2D eigenvalue weighted by molar-refractivity contribution is -0.118. The Balaban J connectivity index is 1.38. The first-order valence-electron chi connectivity index (χ1n) is 10.4. The van der Waals surface area contributed by atoms with Crippen molar-refractivity contribution in [2.45, 2.75) is 36.4 Å². The molecule has 164 valence electrons. The third-order valence-electron chi connectivity index (χ3n) is 4.96. The van der Waals surface area contributed by atoms with Crippen molar-refractivity contribution >= 4 is 46.3 Å². The summed E-state index contributed by atoms with van der Waals surface area (Å²) in [4.78, 5) is 24.8. The van der Waals surface area contributed by atoms with Crippen molar-refractivity contribution in [3.8, 4) is 0 Å². The molecule has 1 aliphatic heterocycles. The second-order valence-corrected chi connectivity index (χ2v) is 9.43. The Morgan fingerprint density at radius 3 is 2.68 bits per heavy atom. The quantitative estimate of drug-likeness (QED) is 0.386. The van der Waals surface area contributed by atoms with Crippen molar-refractivity contribution in [2.24, 2.45) is 0 Å². The fourth-order valence-corrected chi connectivity index (χ4v) is 4.77. The topological polar surface area (TPSA) is 75.9 Å². The number of hydrogen-bond acceptors (Lipinski definition) is 7. The van der Waals surface area contributed by atoms with Crippen LogP contribution in [-0.2, 0) is 11.3 Å². The SMILES string of the molecule is CCSc1nc(N2CCCC2)c2cnn(CCNC(=O)CSc3ccc(F)cc3)c2n1. The predicted octanol–water partition coefficient (Wildman–Crippen LogP) is 3.59. The summed E-state index contributed by atoms with van der Waals surface area (Å²) in [5.74, 6) is 1.80. The van der Waals surface area contributed by atoms with Gasteiger partial charge in [-0.2, -0.15) is 5.10 Å². The number of thioether (sulfide) groups is 2. The molecule has 0 atom stereocenters. The van der Waals surface area contributed by atoms with Crippen LogP contribution >= 0.6 is 23.5 Å². The van der Waals surface area contributed by atoms with Gasteiger partial charge in [-0.1, -0.05) is 18.7 Å². The van der Waals surface area contributed by atoms with Crippen LogP contribution in [0.2, 0.25) is 0 Å². The zero-order chi connectivity index (χ0) is 21.6. The van der Waals surface area contributed by atoms with E-state index in [9.17, 15) is 9.18 Å². The molecule has 3 heterocycles. The summed E-state index contributed by atoms with van der Waals surface area (Å²) < 4.78 is 14.8. The molecule has 2 aromatic heterocycles. The molecule has 31 heavy (non-hydrogen) atoms. The van der Waals surface area contributed by atoms with Crippen molar-refractivity contribution in [3.63, 3.8) is 0 Å². The van der Waals surface area contributed by atoms with Gasteiger partial charge in [0.05, 0.1) is 23.9 Å². The number of nitrogens with zero attached hydrogens (tertiary/aromatic N) is 5. The number of aromatic nitrogens is 4. The summed E-state index contributed by atoms with van der Waals surface area (Å²) in [5.41, 5.74) is 0.808. The molecule has 1 saturated heterocycles. The van der Waals surface area contributed by atoms with Gasteiger partial charge in [0.1, 0.15) is 11.6 Å². The number of rotatable bonds is 9. The first-order chi connectivity index (χ1) is 15.1. The maximum absolute atomic E-state index is 13.0. The first-order valence-corrected chi connectivity index (χ1v) is 12.4. The Labute approximate surface area is 189 Å². The number of carbonyl (C=O) groups is 1. The van der Waals surface area contributed by atoms with Gasteiger partial charge in [0.25, 0.3) is 0 Å². The van der Waals surface area contributed by atoms with E-state index in [4.69, 9.17) is 9.97 Å². The molecule has 10 heteroatoms. The average molecular weight is 461 g/mol. The Hall–Kier alpha value is -2.33. The predicted molar refractivity (Wildman–Crippen MR) is 123 cm³/mol. The van der Waals surface area contributed by atoms with Crippen LogP contribution in [0.15, 0.2) is 40.5 Å². The minimum Gasteiger partial charge on any atom is -0.356 e. The number of anilines is 1. The third kappa shape index (κ3) is 5.48. The van der Waals surface area contributed by atoms with E-state index in [1.165, 1.54) is 36.7 Å². The van der Waals surface area contributed by atoms with Crippen LogP contribution in [0.5, 0.6) is 0 Å². The van der Waals surface area contributed by atoms with Crippen molar-refractivity contribution in [1.29, 1.82) is 0 Å². The van der Waals surface area contributed by atoms with Crippen LogP contribution in [0.3, 0.4) is 0 Å². The number of halogens is 1. The van der Waals surface area contributed by atoms with Gasteiger partial charge in [0, 0.05) is 24.5 Å². The molecule has 4 rings (SSSR count). The van der Waals surface area contributed by atoms with Gasteiger partial charge >= 0.3 is 0 Å². The van der Waals surface area contributed by atoms with Crippen molar-refractivity contribution in [2.75, 3.05) is 36.0 Å². The van der Waals surface area contributed by atoms with Gasteiger partial charge in [-0.25, -0.2) is 19.0 Å². The molecule has 1 aliphatic rings.